The minimum Gasteiger partial charge on any atom is -0.381 e. The molecule has 0 bridgehead atoms. The van der Waals surface area contributed by atoms with Crippen molar-refractivity contribution >= 4 is 21.6 Å². The second kappa shape index (κ2) is 6.58. The number of anilines is 1. The standard InChI is InChI=1S/C15H23BrN2/c1-11-3-2-4-12(9-11)15(10-17)18-14-7-5-13(16)6-8-14/h5-8,11-12,15,18H,2-4,9-10,17H2,1H3. The van der Waals surface area contributed by atoms with Gasteiger partial charge in [0.25, 0.3) is 0 Å². The van der Waals surface area contributed by atoms with Gasteiger partial charge >= 0.3 is 0 Å². The van der Waals surface area contributed by atoms with Gasteiger partial charge in [0.1, 0.15) is 0 Å². The lowest BCUT2D eigenvalue weighted by Gasteiger charge is -2.33. The van der Waals surface area contributed by atoms with Gasteiger partial charge in [-0.15, -0.1) is 0 Å². The quantitative estimate of drug-likeness (QED) is 0.881. The molecule has 0 heterocycles. The maximum absolute atomic E-state index is 5.96. The smallest absolute Gasteiger partial charge is 0.0411 e. The van der Waals surface area contributed by atoms with E-state index < -0.39 is 0 Å². The first-order chi connectivity index (χ1) is 8.69. The maximum atomic E-state index is 5.96. The van der Waals surface area contributed by atoms with Crippen molar-refractivity contribution in [1.29, 1.82) is 0 Å². The molecular formula is C15H23BrN2. The fraction of sp³-hybridized carbons (Fsp3) is 0.600. The second-order valence-corrected chi connectivity index (χ2v) is 6.44. The number of hydrogen-bond acceptors (Lipinski definition) is 2. The third-order valence-electron chi connectivity index (χ3n) is 4.00. The first-order valence-electron chi connectivity index (χ1n) is 6.91. The van der Waals surface area contributed by atoms with Crippen LogP contribution in [0.25, 0.3) is 0 Å². The van der Waals surface area contributed by atoms with Crippen LogP contribution in [0.15, 0.2) is 28.7 Å². The summed E-state index contributed by atoms with van der Waals surface area (Å²) in [5.41, 5.74) is 7.13. The van der Waals surface area contributed by atoms with Crippen molar-refractivity contribution in [2.75, 3.05) is 11.9 Å². The zero-order chi connectivity index (χ0) is 13.0. The molecule has 100 valence electrons. The van der Waals surface area contributed by atoms with Gasteiger partial charge in [-0.1, -0.05) is 35.7 Å². The van der Waals surface area contributed by atoms with E-state index in [1.807, 2.05) is 0 Å². The van der Waals surface area contributed by atoms with Crippen LogP contribution < -0.4 is 11.1 Å². The first-order valence-corrected chi connectivity index (χ1v) is 7.70. The van der Waals surface area contributed by atoms with E-state index in [-0.39, 0.29) is 0 Å². The zero-order valence-electron chi connectivity index (χ0n) is 11.0. The SMILES string of the molecule is CC1CCCC(C(CN)Nc2ccc(Br)cc2)C1. The van der Waals surface area contributed by atoms with Crippen LogP contribution in [0.5, 0.6) is 0 Å². The summed E-state index contributed by atoms with van der Waals surface area (Å²) in [7, 11) is 0. The molecule has 1 saturated carbocycles. The van der Waals surface area contributed by atoms with Gasteiger partial charge in [-0.05, 0) is 48.9 Å². The van der Waals surface area contributed by atoms with Gasteiger partial charge in [0.2, 0.25) is 0 Å². The third kappa shape index (κ3) is 3.72. The van der Waals surface area contributed by atoms with E-state index in [4.69, 9.17) is 5.73 Å². The minimum absolute atomic E-state index is 0.411. The lowest BCUT2D eigenvalue weighted by molar-refractivity contribution is 0.257. The van der Waals surface area contributed by atoms with Crippen LogP contribution in [0, 0.1) is 11.8 Å². The molecule has 0 aromatic heterocycles. The topological polar surface area (TPSA) is 38.0 Å². The molecule has 1 aliphatic rings. The van der Waals surface area contributed by atoms with Crippen molar-refractivity contribution in [3.05, 3.63) is 28.7 Å². The molecule has 1 aromatic rings. The summed E-state index contributed by atoms with van der Waals surface area (Å²) in [5, 5.41) is 3.60. The van der Waals surface area contributed by atoms with E-state index in [0.717, 1.165) is 16.3 Å². The molecule has 0 saturated heterocycles. The monoisotopic (exact) mass is 310 g/mol. The number of nitrogens with one attached hydrogen (secondary N) is 1. The maximum Gasteiger partial charge on any atom is 0.0411 e. The number of benzene rings is 1. The number of hydrogen-bond donors (Lipinski definition) is 2. The van der Waals surface area contributed by atoms with E-state index in [2.05, 4.69) is 52.4 Å². The molecule has 2 rings (SSSR count). The molecule has 2 nitrogen and oxygen atoms in total. The van der Waals surface area contributed by atoms with Crippen LogP contribution in [-0.2, 0) is 0 Å². The van der Waals surface area contributed by atoms with Crippen LogP contribution in [-0.4, -0.2) is 12.6 Å². The number of rotatable bonds is 4. The van der Waals surface area contributed by atoms with Gasteiger partial charge in [-0.3, -0.25) is 0 Å². The summed E-state index contributed by atoms with van der Waals surface area (Å²) in [4.78, 5) is 0. The highest BCUT2D eigenvalue weighted by atomic mass is 79.9. The minimum atomic E-state index is 0.411. The first kappa shape index (κ1) is 13.9. The average molecular weight is 311 g/mol. The highest BCUT2D eigenvalue weighted by Crippen LogP contribution is 2.31. The van der Waals surface area contributed by atoms with Crippen molar-refractivity contribution in [3.8, 4) is 0 Å². The molecule has 3 heteroatoms. The summed E-state index contributed by atoms with van der Waals surface area (Å²) in [6.45, 7) is 3.08. The van der Waals surface area contributed by atoms with Gasteiger partial charge in [-0.2, -0.15) is 0 Å². The number of nitrogens with two attached hydrogens (primary N) is 1. The predicted octanol–water partition coefficient (Wildman–Crippen LogP) is 4.01. The second-order valence-electron chi connectivity index (χ2n) is 5.53. The van der Waals surface area contributed by atoms with Crippen molar-refractivity contribution in [2.24, 2.45) is 17.6 Å². The third-order valence-corrected chi connectivity index (χ3v) is 4.52. The van der Waals surface area contributed by atoms with Crippen LogP contribution >= 0.6 is 15.9 Å². The molecule has 0 amide bonds. The Bertz CT molecular complexity index is 363. The number of halogens is 1. The van der Waals surface area contributed by atoms with Crippen LogP contribution in [0.4, 0.5) is 5.69 Å². The summed E-state index contributed by atoms with van der Waals surface area (Å²) in [6.07, 6.45) is 5.36. The molecule has 3 unspecified atom stereocenters. The molecule has 1 aromatic carbocycles. The molecular weight excluding hydrogens is 288 g/mol. The van der Waals surface area contributed by atoms with Crippen LogP contribution in [0.2, 0.25) is 0 Å². The van der Waals surface area contributed by atoms with Gasteiger partial charge < -0.3 is 11.1 Å². The Morgan fingerprint density at radius 3 is 2.67 bits per heavy atom. The molecule has 0 spiro atoms. The van der Waals surface area contributed by atoms with Gasteiger partial charge in [-0.25, -0.2) is 0 Å². The fourth-order valence-corrected chi connectivity index (χ4v) is 3.24. The highest BCUT2D eigenvalue weighted by molar-refractivity contribution is 9.10. The Morgan fingerprint density at radius 1 is 1.33 bits per heavy atom. The summed E-state index contributed by atoms with van der Waals surface area (Å²) in [6, 6.07) is 8.77. The Morgan fingerprint density at radius 2 is 2.06 bits per heavy atom. The molecule has 1 fully saturated rings. The van der Waals surface area contributed by atoms with Gasteiger partial charge in [0.15, 0.2) is 0 Å². The van der Waals surface area contributed by atoms with Gasteiger partial charge in [0, 0.05) is 22.7 Å². The van der Waals surface area contributed by atoms with Crippen molar-refractivity contribution < 1.29 is 0 Å². The Labute approximate surface area is 118 Å². The van der Waals surface area contributed by atoms with Crippen LogP contribution in [0.3, 0.4) is 0 Å². The summed E-state index contributed by atoms with van der Waals surface area (Å²) < 4.78 is 1.11. The van der Waals surface area contributed by atoms with E-state index in [1.165, 1.54) is 31.4 Å². The predicted molar refractivity (Wildman–Crippen MR) is 81.7 cm³/mol. The van der Waals surface area contributed by atoms with Crippen LogP contribution in [0.1, 0.15) is 32.6 Å². The van der Waals surface area contributed by atoms with E-state index in [9.17, 15) is 0 Å². The lowest BCUT2D eigenvalue weighted by Crippen LogP contribution is -2.38. The largest absolute Gasteiger partial charge is 0.381 e. The normalized spacial score (nSPS) is 25.7. The molecule has 0 radical (unpaired) electrons. The summed E-state index contributed by atoms with van der Waals surface area (Å²) in [5.74, 6) is 1.58. The molecule has 1 aliphatic carbocycles. The Hall–Kier alpha value is -0.540. The zero-order valence-corrected chi connectivity index (χ0v) is 12.6. The van der Waals surface area contributed by atoms with Crippen molar-refractivity contribution in [1.82, 2.24) is 0 Å². The molecule has 3 N–H and O–H groups in total. The van der Waals surface area contributed by atoms with E-state index in [1.54, 1.807) is 0 Å². The average Bonchev–Trinajstić information content (AvgIpc) is 2.38. The van der Waals surface area contributed by atoms with Gasteiger partial charge in [0.05, 0.1) is 0 Å². The highest BCUT2D eigenvalue weighted by Gasteiger charge is 2.25. The Kier molecular flexibility index (Phi) is 5.07. The summed E-state index contributed by atoms with van der Waals surface area (Å²) >= 11 is 3.46. The Balaban J connectivity index is 1.98. The van der Waals surface area contributed by atoms with E-state index >= 15 is 0 Å². The molecule has 0 aliphatic heterocycles. The van der Waals surface area contributed by atoms with Crippen molar-refractivity contribution in [3.63, 3.8) is 0 Å². The molecule has 3 atom stereocenters. The fourth-order valence-electron chi connectivity index (χ4n) is 2.98. The lowest BCUT2D eigenvalue weighted by atomic mass is 9.78. The van der Waals surface area contributed by atoms with E-state index in [0.29, 0.717) is 12.6 Å². The molecule has 18 heavy (non-hydrogen) atoms. The van der Waals surface area contributed by atoms with Crippen molar-refractivity contribution in [2.45, 2.75) is 38.6 Å².